The van der Waals surface area contributed by atoms with Gasteiger partial charge in [0.15, 0.2) is 11.6 Å². The van der Waals surface area contributed by atoms with E-state index in [1.807, 2.05) is 19.0 Å². The van der Waals surface area contributed by atoms with Gasteiger partial charge in [0.1, 0.15) is 23.6 Å². The van der Waals surface area contributed by atoms with Gasteiger partial charge in [0.25, 0.3) is 0 Å². The number of amides is 1. The lowest BCUT2D eigenvalue weighted by Crippen LogP contribution is -2.18. The maximum Gasteiger partial charge on any atom is 0.248 e. The van der Waals surface area contributed by atoms with E-state index in [-0.39, 0.29) is 22.4 Å². The predicted molar refractivity (Wildman–Crippen MR) is 159 cm³/mol. The number of nitrogens with zero attached hydrogens (tertiary/aromatic N) is 3. The van der Waals surface area contributed by atoms with E-state index in [1.165, 1.54) is 43.8 Å². The average molecular weight is 598 g/mol. The maximum atomic E-state index is 14.3. The van der Waals surface area contributed by atoms with Crippen molar-refractivity contribution in [3.63, 3.8) is 0 Å². The van der Waals surface area contributed by atoms with Crippen molar-refractivity contribution in [2.45, 2.75) is 19.4 Å². The summed E-state index contributed by atoms with van der Waals surface area (Å²) >= 11 is 6.49. The van der Waals surface area contributed by atoms with Crippen molar-refractivity contribution < 1.29 is 28.2 Å². The highest BCUT2D eigenvalue weighted by atomic mass is 35.5. The Morgan fingerprint density at radius 3 is 2.55 bits per heavy atom. The topological polar surface area (TPSA) is 109 Å². The van der Waals surface area contributed by atoms with E-state index >= 15 is 0 Å². The summed E-state index contributed by atoms with van der Waals surface area (Å²) in [5.41, 5.74) is 0.188. The summed E-state index contributed by atoms with van der Waals surface area (Å²) in [6.07, 6.45) is 4.51. The van der Waals surface area contributed by atoms with Crippen LogP contribution in [0.25, 0.3) is 10.9 Å². The van der Waals surface area contributed by atoms with Crippen LogP contribution in [0.2, 0.25) is 5.02 Å². The highest BCUT2D eigenvalue weighted by Crippen LogP contribution is 2.41. The number of methoxy groups -OCH3 is 1. The quantitative estimate of drug-likeness (QED) is 0.181. The first kappa shape index (κ1) is 30.6. The monoisotopic (exact) mass is 597 g/mol. The zero-order chi connectivity index (χ0) is 30.6. The van der Waals surface area contributed by atoms with Crippen LogP contribution in [0.5, 0.6) is 17.2 Å². The number of carbonyl (C=O) groups is 1. The van der Waals surface area contributed by atoms with E-state index in [1.54, 1.807) is 32.1 Å². The molecule has 0 saturated heterocycles. The number of benzene rings is 3. The third-order valence-corrected chi connectivity index (χ3v) is 6.37. The molecule has 0 unspecified atom stereocenters. The minimum atomic E-state index is -1.42. The number of aromatic nitrogens is 2. The van der Waals surface area contributed by atoms with Gasteiger partial charge in [-0.3, -0.25) is 4.79 Å². The molecule has 1 aromatic heterocycles. The maximum absolute atomic E-state index is 14.3. The normalized spacial score (nSPS) is 11.8. The van der Waals surface area contributed by atoms with Gasteiger partial charge in [0.05, 0.1) is 28.9 Å². The van der Waals surface area contributed by atoms with E-state index in [0.717, 1.165) is 6.07 Å². The van der Waals surface area contributed by atoms with Crippen LogP contribution in [0, 0.1) is 11.6 Å². The molecule has 0 aliphatic rings. The molecular weight excluding hydrogens is 568 g/mol. The van der Waals surface area contributed by atoms with Crippen LogP contribution < -0.4 is 20.1 Å². The second kappa shape index (κ2) is 12.7. The molecule has 1 heterocycles. The van der Waals surface area contributed by atoms with Crippen LogP contribution in [0.15, 0.2) is 60.9 Å². The number of rotatable bonds is 10. The van der Waals surface area contributed by atoms with E-state index in [2.05, 4.69) is 20.6 Å². The largest absolute Gasteiger partial charge is 0.494 e. The zero-order valence-electron chi connectivity index (χ0n) is 23.6. The SMILES string of the molecule is COc1cc2ncnc(Nc3cc(Cl)c(Oc4cccc(F)c4F)cc3C(C)(C)O)c2cc1NC(=O)C=CCN(C)C. The van der Waals surface area contributed by atoms with Crippen molar-refractivity contribution in [1.29, 1.82) is 0 Å². The molecule has 0 saturated carbocycles. The lowest BCUT2D eigenvalue weighted by molar-refractivity contribution is -0.111. The number of anilines is 3. The minimum absolute atomic E-state index is 0.00782. The summed E-state index contributed by atoms with van der Waals surface area (Å²) in [6, 6.07) is 9.80. The van der Waals surface area contributed by atoms with Crippen molar-refractivity contribution in [2.24, 2.45) is 0 Å². The molecule has 0 spiro atoms. The molecule has 0 radical (unpaired) electrons. The van der Waals surface area contributed by atoms with Gasteiger partial charge < -0.3 is 30.1 Å². The molecule has 0 fully saturated rings. The van der Waals surface area contributed by atoms with Gasteiger partial charge in [-0.2, -0.15) is 4.39 Å². The molecule has 9 nitrogen and oxygen atoms in total. The fourth-order valence-electron chi connectivity index (χ4n) is 4.05. The number of hydrogen-bond donors (Lipinski definition) is 3. The molecule has 12 heteroatoms. The van der Waals surface area contributed by atoms with Gasteiger partial charge in [-0.1, -0.05) is 23.7 Å². The summed E-state index contributed by atoms with van der Waals surface area (Å²) < 4.78 is 39.0. The van der Waals surface area contributed by atoms with Crippen LogP contribution in [0.4, 0.5) is 26.0 Å². The Labute approximate surface area is 246 Å². The van der Waals surface area contributed by atoms with Crippen LogP contribution in [-0.2, 0) is 10.4 Å². The number of hydrogen-bond acceptors (Lipinski definition) is 8. The van der Waals surface area contributed by atoms with Crippen LogP contribution in [0.3, 0.4) is 0 Å². The van der Waals surface area contributed by atoms with Crippen molar-refractivity contribution in [3.05, 3.63) is 83.2 Å². The van der Waals surface area contributed by atoms with E-state index in [9.17, 15) is 18.7 Å². The van der Waals surface area contributed by atoms with Gasteiger partial charge in [0, 0.05) is 35.3 Å². The minimum Gasteiger partial charge on any atom is -0.494 e. The van der Waals surface area contributed by atoms with Gasteiger partial charge in [-0.25, -0.2) is 14.4 Å². The molecule has 0 aliphatic heterocycles. The molecule has 3 aromatic carbocycles. The zero-order valence-corrected chi connectivity index (χ0v) is 24.4. The predicted octanol–water partition coefficient (Wildman–Crippen LogP) is 6.39. The first-order valence-electron chi connectivity index (χ1n) is 12.8. The number of nitrogens with one attached hydrogen (secondary N) is 2. The smallest absolute Gasteiger partial charge is 0.248 e. The molecule has 1 amide bonds. The summed E-state index contributed by atoms with van der Waals surface area (Å²) in [5, 5.41) is 17.6. The Hall–Kier alpha value is -4.32. The summed E-state index contributed by atoms with van der Waals surface area (Å²) in [7, 11) is 5.27. The molecule has 3 N–H and O–H groups in total. The van der Waals surface area contributed by atoms with Crippen molar-refractivity contribution in [1.82, 2.24) is 14.9 Å². The first-order valence-corrected chi connectivity index (χ1v) is 13.2. The molecule has 220 valence electrons. The number of fused-ring (bicyclic) bond motifs is 1. The fourth-order valence-corrected chi connectivity index (χ4v) is 4.25. The molecule has 0 bridgehead atoms. The molecule has 0 atom stereocenters. The van der Waals surface area contributed by atoms with Crippen molar-refractivity contribution in [3.8, 4) is 17.2 Å². The van der Waals surface area contributed by atoms with Crippen molar-refractivity contribution in [2.75, 3.05) is 38.4 Å². The Morgan fingerprint density at radius 1 is 1.10 bits per heavy atom. The molecule has 4 aromatic rings. The van der Waals surface area contributed by atoms with Gasteiger partial charge >= 0.3 is 0 Å². The molecule has 0 aliphatic carbocycles. The highest BCUT2D eigenvalue weighted by Gasteiger charge is 2.25. The Bertz CT molecular complexity index is 1660. The second-order valence-electron chi connectivity index (χ2n) is 10.1. The van der Waals surface area contributed by atoms with Gasteiger partial charge in [0.2, 0.25) is 11.7 Å². The molecule has 42 heavy (non-hydrogen) atoms. The van der Waals surface area contributed by atoms with E-state index in [0.29, 0.717) is 46.0 Å². The third-order valence-electron chi connectivity index (χ3n) is 6.07. The van der Waals surface area contributed by atoms with Crippen molar-refractivity contribution >= 4 is 45.6 Å². The number of halogens is 3. The number of aliphatic hydroxyl groups is 1. The lowest BCUT2D eigenvalue weighted by atomic mass is 9.96. The van der Waals surface area contributed by atoms with Crippen LogP contribution >= 0.6 is 11.6 Å². The summed E-state index contributed by atoms with van der Waals surface area (Å²) in [6.45, 7) is 3.69. The van der Waals surface area contributed by atoms with E-state index in [4.69, 9.17) is 21.1 Å². The Morgan fingerprint density at radius 2 is 1.86 bits per heavy atom. The third kappa shape index (κ3) is 7.11. The van der Waals surface area contributed by atoms with E-state index < -0.39 is 17.2 Å². The molecular formula is C30H30ClF2N5O4. The number of likely N-dealkylation sites (N-methyl/N-ethyl adjacent to an activating group) is 1. The highest BCUT2D eigenvalue weighted by molar-refractivity contribution is 6.32. The fraction of sp³-hybridized carbons (Fsp3) is 0.233. The van der Waals surface area contributed by atoms with Gasteiger partial charge in [-0.05, 0) is 58.3 Å². The molecule has 4 rings (SSSR count). The second-order valence-corrected chi connectivity index (χ2v) is 10.5. The number of ether oxygens (including phenoxy) is 2. The Kier molecular flexibility index (Phi) is 9.25. The first-order chi connectivity index (χ1) is 19.9. The average Bonchev–Trinajstić information content (AvgIpc) is 2.91. The standard InChI is InChI=1S/C30H30ClF2N5O4/c1-30(2,40)18-13-25(42-24-9-6-8-20(32)28(24)33)19(31)14-22(18)37-29-17-12-23(36-27(39)10-7-11-38(3)4)26(41-5)15-21(17)34-16-35-29/h6-10,12-16,40H,11H2,1-5H3,(H,36,39)(H,34,35,37). The van der Waals surface area contributed by atoms with Crippen LogP contribution in [-0.4, -0.2) is 53.6 Å². The summed E-state index contributed by atoms with van der Waals surface area (Å²) in [5.74, 6) is -2.20. The number of carbonyl (C=O) groups excluding carboxylic acids is 1. The van der Waals surface area contributed by atoms with Gasteiger partial charge in [-0.15, -0.1) is 0 Å². The Balaban J connectivity index is 1.73. The van der Waals surface area contributed by atoms with Crippen LogP contribution in [0.1, 0.15) is 19.4 Å². The lowest BCUT2D eigenvalue weighted by Gasteiger charge is -2.24. The summed E-state index contributed by atoms with van der Waals surface area (Å²) in [4.78, 5) is 23.2.